The summed E-state index contributed by atoms with van der Waals surface area (Å²) < 4.78 is 31.7. The molecule has 0 aliphatic carbocycles. The molecule has 0 aliphatic heterocycles. The molecule has 1 amide bonds. The molecule has 5 nitrogen and oxygen atoms in total. The lowest BCUT2D eigenvalue weighted by molar-refractivity contribution is 0.0979. The summed E-state index contributed by atoms with van der Waals surface area (Å²) in [6.07, 6.45) is 0. The van der Waals surface area contributed by atoms with Gasteiger partial charge in [0.1, 0.15) is 11.5 Å². The van der Waals surface area contributed by atoms with E-state index in [4.69, 9.17) is 16.0 Å². The molecular weight excluding hydrogens is 314 g/mol. The number of carbonyl (C=O) groups excluding carboxylic acids is 1. The second-order valence-corrected chi connectivity index (χ2v) is 6.73. The fourth-order valence-electron chi connectivity index (χ4n) is 1.99. The highest BCUT2D eigenvalue weighted by Gasteiger charge is 2.24. The molecule has 0 saturated heterocycles. The molecule has 0 bridgehead atoms. The van der Waals surface area contributed by atoms with Gasteiger partial charge in [-0.2, -0.15) is 0 Å². The molecule has 0 unspecified atom stereocenters. The minimum atomic E-state index is -3.98. The lowest BCUT2D eigenvalue weighted by atomic mass is 10.1. The van der Waals surface area contributed by atoms with Crippen molar-refractivity contribution in [3.63, 3.8) is 0 Å². The molecule has 1 aromatic carbocycles. The minimum absolute atomic E-state index is 0.0705. The van der Waals surface area contributed by atoms with Gasteiger partial charge in [0.2, 0.25) is 0 Å². The Labute approximate surface area is 128 Å². The SMILES string of the molecule is Cc1oc(C)c(C(=O)NS(=O)(=O)c2cccc(Cl)c2)c1C. The summed E-state index contributed by atoms with van der Waals surface area (Å²) in [6, 6.07) is 5.69. The van der Waals surface area contributed by atoms with Crippen LogP contribution in [0.5, 0.6) is 0 Å². The third-order valence-electron chi connectivity index (χ3n) is 3.12. The van der Waals surface area contributed by atoms with Gasteiger partial charge in [-0.3, -0.25) is 4.79 Å². The van der Waals surface area contributed by atoms with Crippen molar-refractivity contribution >= 4 is 27.5 Å². The van der Waals surface area contributed by atoms with Crippen molar-refractivity contribution in [2.75, 3.05) is 0 Å². The monoisotopic (exact) mass is 327 g/mol. The van der Waals surface area contributed by atoms with Crippen molar-refractivity contribution in [3.05, 3.63) is 51.9 Å². The maximum atomic E-state index is 12.2. The van der Waals surface area contributed by atoms with E-state index in [2.05, 4.69) is 0 Å². The zero-order valence-electron chi connectivity index (χ0n) is 11.7. The summed E-state index contributed by atoms with van der Waals surface area (Å²) >= 11 is 5.77. The van der Waals surface area contributed by atoms with Crippen LogP contribution in [0.4, 0.5) is 0 Å². The molecule has 1 heterocycles. The van der Waals surface area contributed by atoms with Crippen LogP contribution in [0.3, 0.4) is 0 Å². The lowest BCUT2D eigenvalue weighted by Crippen LogP contribution is -2.31. The van der Waals surface area contributed by atoms with Crippen molar-refractivity contribution in [2.45, 2.75) is 25.7 Å². The third kappa shape index (κ3) is 3.11. The summed E-state index contributed by atoms with van der Waals surface area (Å²) in [5.41, 5.74) is 0.851. The molecule has 2 aromatic rings. The number of benzene rings is 1. The first-order chi connectivity index (χ1) is 9.72. The molecule has 0 atom stereocenters. The van der Waals surface area contributed by atoms with Gasteiger partial charge in [0.15, 0.2) is 0 Å². The number of amides is 1. The van der Waals surface area contributed by atoms with Crippen LogP contribution in [0.25, 0.3) is 0 Å². The largest absolute Gasteiger partial charge is 0.466 e. The molecule has 112 valence electrons. The Morgan fingerprint density at radius 1 is 1.19 bits per heavy atom. The second-order valence-electron chi connectivity index (χ2n) is 4.61. The summed E-state index contributed by atoms with van der Waals surface area (Å²) in [7, 11) is -3.98. The topological polar surface area (TPSA) is 76.4 Å². The van der Waals surface area contributed by atoms with E-state index in [0.29, 0.717) is 17.1 Å². The molecular formula is C14H14ClNO4S. The molecule has 7 heteroatoms. The fourth-order valence-corrected chi connectivity index (χ4v) is 3.25. The first-order valence-electron chi connectivity index (χ1n) is 6.11. The standard InChI is InChI=1S/C14H14ClNO4S/c1-8-9(2)20-10(3)13(8)14(17)16-21(18,19)12-6-4-5-11(15)7-12/h4-7H,1-3H3,(H,16,17). The van der Waals surface area contributed by atoms with Crippen molar-refractivity contribution in [2.24, 2.45) is 0 Å². The third-order valence-corrected chi connectivity index (χ3v) is 4.69. The van der Waals surface area contributed by atoms with Crippen molar-refractivity contribution in [3.8, 4) is 0 Å². The van der Waals surface area contributed by atoms with Gasteiger partial charge in [-0.1, -0.05) is 17.7 Å². The first-order valence-corrected chi connectivity index (χ1v) is 7.98. The quantitative estimate of drug-likeness (QED) is 0.940. The second kappa shape index (κ2) is 5.54. The number of hydrogen-bond donors (Lipinski definition) is 1. The molecule has 2 rings (SSSR count). The molecule has 21 heavy (non-hydrogen) atoms. The Morgan fingerprint density at radius 2 is 1.86 bits per heavy atom. The van der Waals surface area contributed by atoms with Crippen LogP contribution in [-0.2, 0) is 10.0 Å². The smallest absolute Gasteiger partial charge is 0.268 e. The minimum Gasteiger partial charge on any atom is -0.466 e. The predicted molar refractivity (Wildman–Crippen MR) is 79.0 cm³/mol. The maximum absolute atomic E-state index is 12.2. The fraction of sp³-hybridized carbons (Fsp3) is 0.214. The van der Waals surface area contributed by atoms with E-state index < -0.39 is 15.9 Å². The average molecular weight is 328 g/mol. The Balaban J connectivity index is 2.35. The van der Waals surface area contributed by atoms with Crippen molar-refractivity contribution in [1.82, 2.24) is 4.72 Å². The van der Waals surface area contributed by atoms with Crippen LogP contribution in [0, 0.1) is 20.8 Å². The van der Waals surface area contributed by atoms with Gasteiger partial charge in [0.05, 0.1) is 10.5 Å². The van der Waals surface area contributed by atoms with Gasteiger partial charge in [-0.05, 0) is 39.0 Å². The normalized spacial score (nSPS) is 11.4. The summed E-state index contributed by atoms with van der Waals surface area (Å²) in [6.45, 7) is 5.03. The summed E-state index contributed by atoms with van der Waals surface area (Å²) in [4.78, 5) is 12.1. The number of sulfonamides is 1. The Morgan fingerprint density at radius 3 is 2.38 bits per heavy atom. The van der Waals surface area contributed by atoms with Crippen LogP contribution < -0.4 is 4.72 Å². The van der Waals surface area contributed by atoms with Crippen LogP contribution in [-0.4, -0.2) is 14.3 Å². The van der Waals surface area contributed by atoms with Gasteiger partial charge in [0, 0.05) is 10.6 Å². The number of furan rings is 1. The van der Waals surface area contributed by atoms with Gasteiger partial charge >= 0.3 is 0 Å². The van der Waals surface area contributed by atoms with E-state index >= 15 is 0 Å². The number of carbonyl (C=O) groups is 1. The zero-order chi connectivity index (χ0) is 15.8. The highest BCUT2D eigenvalue weighted by atomic mass is 35.5. The van der Waals surface area contributed by atoms with Crippen LogP contribution in [0.15, 0.2) is 33.6 Å². The van der Waals surface area contributed by atoms with Gasteiger partial charge in [0.25, 0.3) is 15.9 Å². The molecule has 1 N–H and O–H groups in total. The lowest BCUT2D eigenvalue weighted by Gasteiger charge is -2.07. The van der Waals surface area contributed by atoms with E-state index in [-0.39, 0.29) is 15.5 Å². The van der Waals surface area contributed by atoms with Gasteiger partial charge in [-0.15, -0.1) is 0 Å². The number of nitrogens with one attached hydrogen (secondary N) is 1. The Kier molecular flexibility index (Phi) is 4.11. The number of halogens is 1. The van der Waals surface area contributed by atoms with E-state index in [1.165, 1.54) is 18.2 Å². The van der Waals surface area contributed by atoms with Crippen molar-refractivity contribution < 1.29 is 17.6 Å². The van der Waals surface area contributed by atoms with E-state index in [1.807, 2.05) is 4.72 Å². The summed E-state index contributed by atoms with van der Waals surface area (Å²) in [5, 5.41) is 0.275. The molecule has 0 fully saturated rings. The molecule has 0 spiro atoms. The van der Waals surface area contributed by atoms with Crippen molar-refractivity contribution in [1.29, 1.82) is 0 Å². The number of aryl methyl sites for hydroxylation is 2. The first kappa shape index (κ1) is 15.6. The predicted octanol–water partition coefficient (Wildman–Crippen LogP) is 2.98. The molecule has 1 aromatic heterocycles. The van der Waals surface area contributed by atoms with Gasteiger partial charge in [-0.25, -0.2) is 13.1 Å². The van der Waals surface area contributed by atoms with Crippen LogP contribution >= 0.6 is 11.6 Å². The Hall–Kier alpha value is -1.79. The molecule has 0 saturated carbocycles. The van der Waals surface area contributed by atoms with E-state index in [9.17, 15) is 13.2 Å². The average Bonchev–Trinajstić information content (AvgIpc) is 2.62. The highest BCUT2D eigenvalue weighted by Crippen LogP contribution is 2.21. The highest BCUT2D eigenvalue weighted by molar-refractivity contribution is 7.90. The number of rotatable bonds is 3. The van der Waals surface area contributed by atoms with E-state index in [0.717, 1.165) is 0 Å². The summed E-state index contributed by atoms with van der Waals surface area (Å²) in [5.74, 6) is 0.239. The van der Waals surface area contributed by atoms with Gasteiger partial charge < -0.3 is 4.42 Å². The number of hydrogen-bond acceptors (Lipinski definition) is 4. The van der Waals surface area contributed by atoms with Crippen LogP contribution in [0.1, 0.15) is 27.4 Å². The Bertz CT molecular complexity index is 808. The molecule has 0 aliphatic rings. The molecule has 0 radical (unpaired) electrons. The maximum Gasteiger partial charge on any atom is 0.268 e. The zero-order valence-corrected chi connectivity index (χ0v) is 13.3. The van der Waals surface area contributed by atoms with Crippen LogP contribution in [0.2, 0.25) is 5.02 Å². The van der Waals surface area contributed by atoms with E-state index in [1.54, 1.807) is 26.8 Å².